The fraction of sp³-hybridized carbons (Fsp3) is 0. The van der Waals surface area contributed by atoms with Gasteiger partial charge in [-0.25, -0.2) is 0 Å². The largest absolute Gasteiger partial charge is 0.508 e. The Labute approximate surface area is 129 Å². The van der Waals surface area contributed by atoms with Gasteiger partial charge in [0.2, 0.25) is 0 Å². The summed E-state index contributed by atoms with van der Waals surface area (Å²) in [5, 5.41) is 22.4. The first kappa shape index (κ1) is 15.1. The molecular formula is C13H8Cl2N2O4. The van der Waals surface area contributed by atoms with E-state index in [0.29, 0.717) is 5.69 Å². The van der Waals surface area contributed by atoms with Gasteiger partial charge >= 0.3 is 0 Å². The molecule has 0 bridgehead atoms. The number of phenols is 1. The number of carbonyl (C=O) groups is 1. The molecule has 2 aromatic rings. The molecule has 2 rings (SSSR count). The van der Waals surface area contributed by atoms with Crippen LogP contribution in [0.4, 0.5) is 11.4 Å². The predicted octanol–water partition coefficient (Wildman–Crippen LogP) is 3.86. The summed E-state index contributed by atoms with van der Waals surface area (Å²) in [6, 6.07) is 7.74. The van der Waals surface area contributed by atoms with Crippen molar-refractivity contribution in [1.29, 1.82) is 0 Å². The van der Waals surface area contributed by atoms with E-state index in [0.717, 1.165) is 0 Å². The lowest BCUT2D eigenvalue weighted by molar-refractivity contribution is -0.384. The van der Waals surface area contributed by atoms with Crippen molar-refractivity contribution in [3.63, 3.8) is 0 Å². The van der Waals surface area contributed by atoms with E-state index in [2.05, 4.69) is 5.32 Å². The van der Waals surface area contributed by atoms with Crippen molar-refractivity contribution in [3.8, 4) is 5.75 Å². The topological polar surface area (TPSA) is 92.5 Å². The van der Waals surface area contributed by atoms with Crippen LogP contribution in [0.25, 0.3) is 0 Å². The number of nitrogens with one attached hydrogen (secondary N) is 1. The molecule has 0 atom stereocenters. The van der Waals surface area contributed by atoms with Crippen LogP contribution in [-0.2, 0) is 0 Å². The average Bonchev–Trinajstić information content (AvgIpc) is 2.37. The summed E-state index contributed by atoms with van der Waals surface area (Å²) in [5.41, 5.74) is 0.195. The Morgan fingerprint density at radius 1 is 1.14 bits per heavy atom. The molecule has 1 amide bonds. The maximum atomic E-state index is 12.0. The molecule has 0 radical (unpaired) electrons. The average molecular weight is 327 g/mol. The Hall–Kier alpha value is -2.31. The summed E-state index contributed by atoms with van der Waals surface area (Å²) in [6.45, 7) is 0. The highest BCUT2D eigenvalue weighted by Crippen LogP contribution is 2.28. The molecule has 6 nitrogen and oxygen atoms in total. The molecule has 0 aliphatic rings. The van der Waals surface area contributed by atoms with E-state index in [1.807, 2.05) is 0 Å². The van der Waals surface area contributed by atoms with Crippen LogP contribution in [0.15, 0.2) is 36.4 Å². The minimum absolute atomic E-state index is 0.0602. The number of carbonyl (C=O) groups excluding carboxylic acids is 1. The predicted molar refractivity (Wildman–Crippen MR) is 79.2 cm³/mol. The van der Waals surface area contributed by atoms with E-state index >= 15 is 0 Å². The number of phenolic OH excluding ortho intramolecular Hbond substituents is 1. The number of nitrogens with zero attached hydrogens (tertiary/aromatic N) is 1. The molecule has 21 heavy (non-hydrogen) atoms. The number of hydrogen-bond donors (Lipinski definition) is 2. The van der Waals surface area contributed by atoms with Gasteiger partial charge in [0, 0.05) is 11.8 Å². The minimum atomic E-state index is -0.620. The van der Waals surface area contributed by atoms with E-state index in [1.165, 1.54) is 36.4 Å². The molecule has 0 heterocycles. The van der Waals surface area contributed by atoms with Crippen LogP contribution in [0.3, 0.4) is 0 Å². The number of anilines is 1. The fourth-order valence-corrected chi connectivity index (χ4v) is 2.13. The highest BCUT2D eigenvalue weighted by molar-refractivity contribution is 6.35. The monoisotopic (exact) mass is 326 g/mol. The van der Waals surface area contributed by atoms with Gasteiger partial charge in [-0.3, -0.25) is 14.9 Å². The van der Waals surface area contributed by atoms with Crippen molar-refractivity contribution in [1.82, 2.24) is 0 Å². The molecule has 2 aromatic carbocycles. The first-order valence-electron chi connectivity index (χ1n) is 5.62. The number of hydrogen-bond acceptors (Lipinski definition) is 4. The Balaban J connectivity index is 2.23. The number of nitro groups is 1. The maximum Gasteiger partial charge on any atom is 0.288 e. The maximum absolute atomic E-state index is 12.0. The lowest BCUT2D eigenvalue weighted by Crippen LogP contribution is -2.12. The Bertz CT molecular complexity index is 734. The van der Waals surface area contributed by atoms with Crippen LogP contribution >= 0.6 is 23.2 Å². The first-order valence-corrected chi connectivity index (χ1v) is 6.38. The molecular weight excluding hydrogens is 319 g/mol. The van der Waals surface area contributed by atoms with Crippen LogP contribution in [0.5, 0.6) is 5.75 Å². The molecule has 8 heteroatoms. The summed E-state index contributed by atoms with van der Waals surface area (Å²) >= 11 is 11.6. The first-order chi connectivity index (χ1) is 9.88. The van der Waals surface area contributed by atoms with Gasteiger partial charge in [-0.2, -0.15) is 0 Å². The number of benzene rings is 2. The second-order valence-electron chi connectivity index (χ2n) is 4.04. The van der Waals surface area contributed by atoms with Crippen LogP contribution in [0.2, 0.25) is 10.0 Å². The highest BCUT2D eigenvalue weighted by atomic mass is 35.5. The van der Waals surface area contributed by atoms with Crippen LogP contribution in [0, 0.1) is 10.1 Å². The molecule has 0 unspecified atom stereocenters. The van der Waals surface area contributed by atoms with Gasteiger partial charge in [0.15, 0.2) is 0 Å². The number of halogens is 2. The molecule has 0 aliphatic heterocycles. The second kappa shape index (κ2) is 5.99. The van der Waals surface area contributed by atoms with Gasteiger partial charge in [0.05, 0.1) is 15.5 Å². The van der Waals surface area contributed by atoms with Crippen molar-refractivity contribution in [3.05, 3.63) is 62.1 Å². The number of aromatic hydroxyl groups is 1. The Morgan fingerprint density at radius 2 is 1.86 bits per heavy atom. The molecule has 2 N–H and O–H groups in total. The van der Waals surface area contributed by atoms with Gasteiger partial charge in [-0.05, 0) is 30.3 Å². The molecule has 0 aliphatic carbocycles. The minimum Gasteiger partial charge on any atom is -0.508 e. The number of rotatable bonds is 3. The van der Waals surface area contributed by atoms with E-state index in [9.17, 15) is 20.0 Å². The SMILES string of the molecule is O=C(Nc1ccc([N+](=O)[O-])c(Cl)c1)c1ccc(O)cc1Cl. The molecule has 0 saturated heterocycles. The lowest BCUT2D eigenvalue weighted by atomic mass is 10.2. The Kier molecular flexibility index (Phi) is 4.30. The zero-order chi connectivity index (χ0) is 15.6. The van der Waals surface area contributed by atoms with Crippen molar-refractivity contribution >= 4 is 40.5 Å². The highest BCUT2D eigenvalue weighted by Gasteiger charge is 2.15. The van der Waals surface area contributed by atoms with Gasteiger partial charge in [0.1, 0.15) is 10.8 Å². The van der Waals surface area contributed by atoms with Crippen molar-refractivity contribution in [2.75, 3.05) is 5.32 Å². The summed E-state index contributed by atoms with van der Waals surface area (Å²) < 4.78 is 0. The molecule has 108 valence electrons. The summed E-state index contributed by atoms with van der Waals surface area (Å²) in [4.78, 5) is 22.0. The summed E-state index contributed by atoms with van der Waals surface area (Å²) in [7, 11) is 0. The van der Waals surface area contributed by atoms with Crippen molar-refractivity contribution in [2.24, 2.45) is 0 Å². The summed E-state index contributed by atoms with van der Waals surface area (Å²) in [5.74, 6) is -0.583. The molecule has 0 saturated carbocycles. The molecule has 0 fully saturated rings. The fourth-order valence-electron chi connectivity index (χ4n) is 1.62. The third-order valence-corrected chi connectivity index (χ3v) is 3.21. The Morgan fingerprint density at radius 3 is 2.43 bits per heavy atom. The summed E-state index contributed by atoms with van der Waals surface area (Å²) in [6.07, 6.45) is 0. The standard InChI is InChI=1S/C13H8Cl2N2O4/c14-10-6-8(18)2-3-9(10)13(19)16-7-1-4-12(17(20)21)11(15)5-7/h1-6,18H,(H,16,19). The van der Waals surface area contributed by atoms with E-state index in [1.54, 1.807) is 0 Å². The molecule has 0 spiro atoms. The van der Waals surface area contributed by atoms with E-state index in [-0.39, 0.29) is 27.0 Å². The van der Waals surface area contributed by atoms with Crippen molar-refractivity contribution in [2.45, 2.75) is 0 Å². The quantitative estimate of drug-likeness (QED) is 0.661. The molecule has 0 aromatic heterocycles. The van der Waals surface area contributed by atoms with Crippen LogP contribution in [0.1, 0.15) is 10.4 Å². The van der Waals surface area contributed by atoms with E-state index in [4.69, 9.17) is 23.2 Å². The second-order valence-corrected chi connectivity index (χ2v) is 4.86. The van der Waals surface area contributed by atoms with Crippen LogP contribution < -0.4 is 5.32 Å². The number of amides is 1. The smallest absolute Gasteiger partial charge is 0.288 e. The van der Waals surface area contributed by atoms with Gasteiger partial charge in [-0.15, -0.1) is 0 Å². The van der Waals surface area contributed by atoms with Gasteiger partial charge in [-0.1, -0.05) is 23.2 Å². The zero-order valence-electron chi connectivity index (χ0n) is 10.3. The number of nitro benzene ring substituents is 1. The van der Waals surface area contributed by atoms with Gasteiger partial charge in [0.25, 0.3) is 11.6 Å². The third kappa shape index (κ3) is 3.42. The van der Waals surface area contributed by atoms with Gasteiger partial charge < -0.3 is 10.4 Å². The third-order valence-electron chi connectivity index (χ3n) is 2.60. The zero-order valence-corrected chi connectivity index (χ0v) is 11.9. The van der Waals surface area contributed by atoms with E-state index < -0.39 is 10.8 Å². The van der Waals surface area contributed by atoms with Crippen molar-refractivity contribution < 1.29 is 14.8 Å². The lowest BCUT2D eigenvalue weighted by Gasteiger charge is -2.07. The van der Waals surface area contributed by atoms with Crippen LogP contribution in [-0.4, -0.2) is 15.9 Å². The normalized spacial score (nSPS) is 10.2.